The molecule has 0 aliphatic carbocycles. The zero-order valence-electron chi connectivity index (χ0n) is 16.6. The molecule has 0 aliphatic heterocycles. The first-order chi connectivity index (χ1) is 13.8. The summed E-state index contributed by atoms with van der Waals surface area (Å²) in [6, 6.07) is 8.23. The summed E-state index contributed by atoms with van der Waals surface area (Å²) in [5.41, 5.74) is -0.296. The number of fused-ring (bicyclic) bond motifs is 1. The van der Waals surface area contributed by atoms with Gasteiger partial charge >= 0.3 is 5.97 Å². The third kappa shape index (κ3) is 4.50. The molecule has 0 spiro atoms. The number of amides is 1. The number of aromatic nitrogens is 3. The first kappa shape index (κ1) is 20.2. The molecule has 2 aromatic heterocycles. The van der Waals surface area contributed by atoms with Crippen LogP contribution in [0.25, 0.3) is 10.8 Å². The van der Waals surface area contributed by atoms with Crippen molar-refractivity contribution < 1.29 is 18.8 Å². The van der Waals surface area contributed by atoms with E-state index >= 15 is 0 Å². The summed E-state index contributed by atoms with van der Waals surface area (Å²) in [6.45, 7) is 7.37. The predicted molar refractivity (Wildman–Crippen MR) is 106 cm³/mol. The smallest absolute Gasteiger partial charge is 0.360 e. The molecule has 2 heterocycles. The Balaban J connectivity index is 1.87. The van der Waals surface area contributed by atoms with Gasteiger partial charge in [-0.1, -0.05) is 37.2 Å². The summed E-state index contributed by atoms with van der Waals surface area (Å²) in [6.07, 6.45) is -1.11. The third-order valence-corrected chi connectivity index (χ3v) is 4.13. The number of carbonyl (C=O) groups excluding carboxylic acids is 2. The van der Waals surface area contributed by atoms with Crippen molar-refractivity contribution in [3.05, 3.63) is 52.1 Å². The Morgan fingerprint density at radius 3 is 2.52 bits per heavy atom. The van der Waals surface area contributed by atoms with Crippen molar-refractivity contribution in [2.24, 2.45) is 5.92 Å². The lowest BCUT2D eigenvalue weighted by molar-refractivity contribution is -0.123. The summed E-state index contributed by atoms with van der Waals surface area (Å²) in [4.78, 5) is 37.7. The van der Waals surface area contributed by atoms with Crippen LogP contribution in [0.2, 0.25) is 0 Å². The molecule has 3 rings (SSSR count). The van der Waals surface area contributed by atoms with Gasteiger partial charge in [0.25, 0.3) is 11.5 Å². The van der Waals surface area contributed by atoms with Crippen molar-refractivity contribution in [2.45, 2.75) is 40.3 Å². The van der Waals surface area contributed by atoms with Crippen LogP contribution < -0.4 is 10.9 Å². The first-order valence-electron chi connectivity index (χ1n) is 9.21. The van der Waals surface area contributed by atoms with Gasteiger partial charge in [0.15, 0.2) is 17.6 Å². The molecule has 0 radical (unpaired) electrons. The van der Waals surface area contributed by atoms with Gasteiger partial charge in [-0.15, -0.1) is 0 Å². The third-order valence-electron chi connectivity index (χ3n) is 4.13. The normalized spacial score (nSPS) is 12.2. The highest BCUT2D eigenvalue weighted by molar-refractivity contribution is 6.03. The standard InChI is InChI=1S/C20H22N4O5/c1-11(2)10-24-19(26)15-8-6-5-7-14(15)17(22-24)20(27)28-13(4)18(25)21-16-9-12(3)29-23-16/h5-9,11,13H,10H2,1-4H3,(H,21,23,25)/t13-/m1/s1. The number of ether oxygens (including phenoxy) is 1. The number of anilines is 1. The van der Waals surface area contributed by atoms with Gasteiger partial charge in [-0.25, -0.2) is 9.48 Å². The number of aryl methyl sites for hydroxylation is 1. The highest BCUT2D eigenvalue weighted by Crippen LogP contribution is 2.16. The summed E-state index contributed by atoms with van der Waals surface area (Å²) in [5, 5.41) is 11.1. The zero-order valence-corrected chi connectivity index (χ0v) is 16.6. The largest absolute Gasteiger partial charge is 0.448 e. The molecule has 1 N–H and O–H groups in total. The molecule has 9 nitrogen and oxygen atoms in total. The van der Waals surface area contributed by atoms with E-state index in [-0.39, 0.29) is 23.0 Å². The Morgan fingerprint density at radius 2 is 1.90 bits per heavy atom. The maximum atomic E-state index is 12.8. The van der Waals surface area contributed by atoms with E-state index in [1.54, 1.807) is 37.3 Å². The zero-order chi connectivity index (χ0) is 21.1. The van der Waals surface area contributed by atoms with Gasteiger partial charge < -0.3 is 14.6 Å². The fourth-order valence-corrected chi connectivity index (χ4v) is 2.78. The van der Waals surface area contributed by atoms with E-state index in [2.05, 4.69) is 15.6 Å². The lowest BCUT2D eigenvalue weighted by atomic mass is 10.1. The molecule has 1 atom stereocenters. The maximum Gasteiger partial charge on any atom is 0.360 e. The lowest BCUT2D eigenvalue weighted by Crippen LogP contribution is -2.32. The van der Waals surface area contributed by atoms with Crippen molar-refractivity contribution in [1.82, 2.24) is 14.9 Å². The van der Waals surface area contributed by atoms with Crippen LogP contribution in [0.4, 0.5) is 5.82 Å². The van der Waals surface area contributed by atoms with Crippen LogP contribution in [0.3, 0.4) is 0 Å². The van der Waals surface area contributed by atoms with E-state index in [0.29, 0.717) is 23.1 Å². The van der Waals surface area contributed by atoms with Crippen LogP contribution in [-0.4, -0.2) is 32.9 Å². The van der Waals surface area contributed by atoms with Crippen molar-refractivity contribution in [3.63, 3.8) is 0 Å². The Kier molecular flexibility index (Phi) is 5.76. The maximum absolute atomic E-state index is 12.8. The summed E-state index contributed by atoms with van der Waals surface area (Å²) < 4.78 is 11.4. The Labute approximate surface area is 166 Å². The highest BCUT2D eigenvalue weighted by Gasteiger charge is 2.24. The Hall–Kier alpha value is -3.49. The molecule has 29 heavy (non-hydrogen) atoms. The summed E-state index contributed by atoms with van der Waals surface area (Å²) >= 11 is 0. The van der Waals surface area contributed by atoms with Crippen LogP contribution >= 0.6 is 0 Å². The Morgan fingerprint density at radius 1 is 1.21 bits per heavy atom. The molecule has 0 fully saturated rings. The van der Waals surface area contributed by atoms with Crippen LogP contribution in [0.15, 0.2) is 39.6 Å². The van der Waals surface area contributed by atoms with Crippen LogP contribution in [0.1, 0.15) is 37.0 Å². The van der Waals surface area contributed by atoms with E-state index in [0.717, 1.165) is 0 Å². The average molecular weight is 398 g/mol. The molecule has 152 valence electrons. The van der Waals surface area contributed by atoms with Crippen molar-refractivity contribution in [2.75, 3.05) is 5.32 Å². The van der Waals surface area contributed by atoms with E-state index in [1.807, 2.05) is 13.8 Å². The van der Waals surface area contributed by atoms with Gasteiger partial charge in [0, 0.05) is 18.0 Å². The number of carbonyl (C=O) groups is 2. The number of rotatable bonds is 6. The fourth-order valence-electron chi connectivity index (χ4n) is 2.78. The lowest BCUT2D eigenvalue weighted by Gasteiger charge is -2.15. The predicted octanol–water partition coefficient (Wildman–Crippen LogP) is 2.53. The molecule has 1 amide bonds. The van der Waals surface area contributed by atoms with Gasteiger partial charge in [0.05, 0.1) is 5.39 Å². The number of hydrogen-bond donors (Lipinski definition) is 1. The minimum atomic E-state index is -1.11. The molecular weight excluding hydrogens is 376 g/mol. The molecule has 9 heteroatoms. The van der Waals surface area contributed by atoms with E-state index in [1.165, 1.54) is 11.6 Å². The number of hydrogen-bond acceptors (Lipinski definition) is 7. The van der Waals surface area contributed by atoms with E-state index in [4.69, 9.17) is 9.26 Å². The number of esters is 1. The first-order valence-corrected chi connectivity index (χ1v) is 9.21. The second-order valence-electron chi connectivity index (χ2n) is 7.13. The van der Waals surface area contributed by atoms with Crippen molar-refractivity contribution in [3.8, 4) is 0 Å². The van der Waals surface area contributed by atoms with Gasteiger partial charge in [-0.3, -0.25) is 9.59 Å². The monoisotopic (exact) mass is 398 g/mol. The molecule has 0 aliphatic rings. The van der Waals surface area contributed by atoms with E-state index in [9.17, 15) is 14.4 Å². The average Bonchev–Trinajstić information content (AvgIpc) is 3.08. The van der Waals surface area contributed by atoms with Crippen LogP contribution in [-0.2, 0) is 16.1 Å². The van der Waals surface area contributed by atoms with Gasteiger partial charge in [0.2, 0.25) is 0 Å². The van der Waals surface area contributed by atoms with Crippen molar-refractivity contribution in [1.29, 1.82) is 0 Å². The number of nitrogens with zero attached hydrogens (tertiary/aromatic N) is 3. The molecule has 0 saturated heterocycles. The minimum Gasteiger partial charge on any atom is -0.448 e. The number of nitrogens with one attached hydrogen (secondary N) is 1. The quantitative estimate of drug-likeness (QED) is 0.634. The fraction of sp³-hybridized carbons (Fsp3) is 0.350. The molecular formula is C20H22N4O5. The van der Waals surface area contributed by atoms with Crippen LogP contribution in [0.5, 0.6) is 0 Å². The number of benzene rings is 1. The van der Waals surface area contributed by atoms with Crippen molar-refractivity contribution >= 4 is 28.5 Å². The minimum absolute atomic E-state index is 0.0159. The molecule has 0 unspecified atom stereocenters. The molecule has 1 aromatic carbocycles. The molecule has 0 bridgehead atoms. The highest BCUT2D eigenvalue weighted by atomic mass is 16.5. The van der Waals surface area contributed by atoms with E-state index < -0.39 is 18.0 Å². The second kappa shape index (κ2) is 8.26. The topological polar surface area (TPSA) is 116 Å². The summed E-state index contributed by atoms with van der Waals surface area (Å²) in [5.74, 6) is -0.442. The SMILES string of the molecule is Cc1cc(NC(=O)[C@@H](C)OC(=O)c2nn(CC(C)C)c(=O)c3ccccc23)no1. The molecule has 0 saturated carbocycles. The van der Waals surface area contributed by atoms with Gasteiger partial charge in [0.1, 0.15) is 5.76 Å². The van der Waals surface area contributed by atoms with Gasteiger partial charge in [-0.05, 0) is 25.8 Å². The molecule has 3 aromatic rings. The second-order valence-corrected chi connectivity index (χ2v) is 7.13. The Bertz CT molecular complexity index is 1120. The van der Waals surface area contributed by atoms with Gasteiger partial charge in [-0.2, -0.15) is 5.10 Å². The summed E-state index contributed by atoms with van der Waals surface area (Å²) in [7, 11) is 0. The van der Waals surface area contributed by atoms with Crippen LogP contribution in [0, 0.1) is 12.8 Å².